The lowest BCUT2D eigenvalue weighted by molar-refractivity contribution is -0.386. The van der Waals surface area contributed by atoms with Crippen molar-refractivity contribution >= 4 is 21.6 Å². The van der Waals surface area contributed by atoms with E-state index in [0.717, 1.165) is 6.07 Å². The minimum absolute atomic E-state index is 0.0246. The van der Waals surface area contributed by atoms with Crippen molar-refractivity contribution in [2.75, 3.05) is 40.3 Å². The Morgan fingerprint density at radius 3 is 2.47 bits per heavy atom. The van der Waals surface area contributed by atoms with E-state index in [1.807, 2.05) is 4.90 Å². The van der Waals surface area contributed by atoms with Gasteiger partial charge in [0.05, 0.1) is 23.0 Å². The molecule has 1 heterocycles. The van der Waals surface area contributed by atoms with Gasteiger partial charge in [-0.15, -0.1) is 0 Å². The highest BCUT2D eigenvalue weighted by molar-refractivity contribution is 7.89. The highest BCUT2D eigenvalue weighted by atomic mass is 32.2. The summed E-state index contributed by atoms with van der Waals surface area (Å²) in [5.74, 6) is -0.555. The summed E-state index contributed by atoms with van der Waals surface area (Å²) in [5, 5.41) is 11.3. The van der Waals surface area contributed by atoms with Gasteiger partial charge in [-0.2, -0.15) is 4.31 Å². The fourth-order valence-corrected chi connectivity index (χ4v) is 5.36. The van der Waals surface area contributed by atoms with Gasteiger partial charge in [-0.1, -0.05) is 12.1 Å². The molecule has 0 aliphatic carbocycles. The molecule has 1 fully saturated rings. The third kappa shape index (κ3) is 5.51. The van der Waals surface area contributed by atoms with Crippen LogP contribution < -0.4 is 4.74 Å². The van der Waals surface area contributed by atoms with E-state index in [1.54, 1.807) is 26.1 Å². The Labute approximate surface area is 197 Å². The van der Waals surface area contributed by atoms with Crippen molar-refractivity contribution in [1.82, 2.24) is 14.1 Å². The van der Waals surface area contributed by atoms with E-state index in [-0.39, 0.29) is 42.0 Å². The first-order valence-corrected chi connectivity index (χ1v) is 12.0. The van der Waals surface area contributed by atoms with Crippen LogP contribution in [0.5, 0.6) is 5.75 Å². The van der Waals surface area contributed by atoms with Crippen LogP contribution in [0.15, 0.2) is 47.4 Å². The van der Waals surface area contributed by atoms with Crippen LogP contribution >= 0.6 is 0 Å². The van der Waals surface area contributed by atoms with Crippen molar-refractivity contribution in [1.29, 1.82) is 0 Å². The molecular weight excluding hydrogens is 467 g/mol. The van der Waals surface area contributed by atoms with Gasteiger partial charge in [-0.3, -0.25) is 19.8 Å². The van der Waals surface area contributed by atoms with Crippen LogP contribution in [0.1, 0.15) is 12.5 Å². The molecule has 1 aliphatic rings. The summed E-state index contributed by atoms with van der Waals surface area (Å²) < 4.78 is 45.7. The smallest absolute Gasteiger partial charge is 0.312 e. The number of nitrogens with zero attached hydrogens (tertiary/aromatic N) is 4. The first-order chi connectivity index (χ1) is 16.0. The minimum atomic E-state index is -3.96. The second-order valence-corrected chi connectivity index (χ2v) is 9.97. The number of hydrogen-bond acceptors (Lipinski definition) is 7. The zero-order valence-corrected chi connectivity index (χ0v) is 20.0. The van der Waals surface area contributed by atoms with Crippen molar-refractivity contribution in [3.63, 3.8) is 0 Å². The number of rotatable bonds is 8. The van der Waals surface area contributed by atoms with Gasteiger partial charge in [0, 0.05) is 45.8 Å². The van der Waals surface area contributed by atoms with Gasteiger partial charge in [0.2, 0.25) is 15.9 Å². The Balaban J connectivity index is 1.64. The lowest BCUT2D eigenvalue weighted by Gasteiger charge is -2.37. The van der Waals surface area contributed by atoms with Gasteiger partial charge < -0.3 is 9.64 Å². The molecule has 0 N–H and O–H groups in total. The number of ether oxygens (including phenoxy) is 1. The number of sulfonamides is 1. The number of benzene rings is 2. The number of nitro benzene ring substituents is 1. The van der Waals surface area contributed by atoms with Crippen LogP contribution in [-0.2, 0) is 21.4 Å². The Bertz CT molecular complexity index is 1170. The van der Waals surface area contributed by atoms with Crippen molar-refractivity contribution in [3.05, 3.63) is 64.0 Å². The van der Waals surface area contributed by atoms with Crippen LogP contribution in [0.4, 0.5) is 10.1 Å². The summed E-state index contributed by atoms with van der Waals surface area (Å²) in [6.45, 7) is 2.91. The molecule has 1 unspecified atom stereocenters. The summed E-state index contributed by atoms with van der Waals surface area (Å²) in [6, 6.07) is 9.08. The average molecular weight is 495 g/mol. The number of halogens is 1. The predicted octanol–water partition coefficient (Wildman–Crippen LogP) is 2.10. The third-order valence-electron chi connectivity index (χ3n) is 5.85. The summed E-state index contributed by atoms with van der Waals surface area (Å²) in [5.41, 5.74) is 0.246. The highest BCUT2D eigenvalue weighted by Gasteiger charge is 2.33. The lowest BCUT2D eigenvalue weighted by Crippen LogP contribution is -2.54. The summed E-state index contributed by atoms with van der Waals surface area (Å²) in [6.07, 6.45) is 0. The third-order valence-corrected chi connectivity index (χ3v) is 7.74. The molecule has 0 aromatic heterocycles. The standard InChI is InChI=1S/C22H27FN4O6S/c1-16(22(28)24(2)15-17-5-4-6-18(23)13-17)25-9-11-26(12-10-25)34(31,32)19-7-8-21(33-3)20(14-19)27(29)30/h4-8,13-14,16H,9-12,15H2,1-3H3. The highest BCUT2D eigenvalue weighted by Crippen LogP contribution is 2.31. The molecule has 2 aromatic rings. The van der Waals surface area contributed by atoms with Gasteiger partial charge in [0.1, 0.15) is 5.82 Å². The molecule has 34 heavy (non-hydrogen) atoms. The summed E-state index contributed by atoms with van der Waals surface area (Å²) >= 11 is 0. The van der Waals surface area contributed by atoms with E-state index >= 15 is 0 Å². The first kappa shape index (κ1) is 25.5. The van der Waals surface area contributed by atoms with E-state index in [0.29, 0.717) is 18.7 Å². The molecule has 0 spiro atoms. The average Bonchev–Trinajstić information content (AvgIpc) is 2.82. The van der Waals surface area contributed by atoms with Crippen LogP contribution in [0.2, 0.25) is 0 Å². The molecule has 12 heteroatoms. The maximum absolute atomic E-state index is 13.4. The van der Waals surface area contributed by atoms with E-state index in [9.17, 15) is 27.7 Å². The molecular formula is C22H27FN4O6S. The van der Waals surface area contributed by atoms with E-state index in [1.165, 1.54) is 40.6 Å². The number of amides is 1. The number of methoxy groups -OCH3 is 1. The van der Waals surface area contributed by atoms with Crippen LogP contribution in [0.25, 0.3) is 0 Å². The van der Waals surface area contributed by atoms with Gasteiger partial charge in [0.25, 0.3) is 0 Å². The summed E-state index contributed by atoms with van der Waals surface area (Å²) in [7, 11) is -1.05. The summed E-state index contributed by atoms with van der Waals surface area (Å²) in [4.78, 5) is 26.7. The minimum Gasteiger partial charge on any atom is -0.490 e. The predicted molar refractivity (Wildman–Crippen MR) is 122 cm³/mol. The Morgan fingerprint density at radius 1 is 1.21 bits per heavy atom. The fraction of sp³-hybridized carbons (Fsp3) is 0.409. The molecule has 0 bridgehead atoms. The van der Waals surface area contributed by atoms with Crippen molar-refractivity contribution in [2.24, 2.45) is 0 Å². The first-order valence-electron chi connectivity index (χ1n) is 10.6. The number of carbonyl (C=O) groups is 1. The molecule has 0 saturated carbocycles. The van der Waals surface area contributed by atoms with Crippen molar-refractivity contribution in [3.8, 4) is 5.75 Å². The zero-order valence-electron chi connectivity index (χ0n) is 19.2. The molecule has 3 rings (SSSR count). The SMILES string of the molecule is COc1ccc(S(=O)(=O)N2CCN(C(C)C(=O)N(C)Cc3cccc(F)c3)CC2)cc1[N+](=O)[O-]. The zero-order chi connectivity index (χ0) is 25.0. The Hall–Kier alpha value is -3.09. The molecule has 10 nitrogen and oxygen atoms in total. The number of hydrogen-bond donors (Lipinski definition) is 0. The van der Waals surface area contributed by atoms with E-state index in [4.69, 9.17) is 4.74 Å². The van der Waals surface area contributed by atoms with Crippen LogP contribution in [-0.4, -0.2) is 79.7 Å². The van der Waals surface area contributed by atoms with Crippen LogP contribution in [0, 0.1) is 15.9 Å². The second-order valence-electron chi connectivity index (χ2n) is 8.03. The maximum Gasteiger partial charge on any atom is 0.312 e. The molecule has 1 saturated heterocycles. The van der Waals surface area contributed by atoms with Gasteiger partial charge in [-0.25, -0.2) is 12.8 Å². The molecule has 0 radical (unpaired) electrons. The van der Waals surface area contributed by atoms with Crippen molar-refractivity contribution in [2.45, 2.75) is 24.4 Å². The van der Waals surface area contributed by atoms with E-state index in [2.05, 4.69) is 0 Å². The number of nitro groups is 1. The maximum atomic E-state index is 13.4. The van der Waals surface area contributed by atoms with Crippen molar-refractivity contribution < 1.29 is 27.3 Å². The van der Waals surface area contributed by atoms with Gasteiger partial charge in [0.15, 0.2) is 5.75 Å². The molecule has 2 aromatic carbocycles. The molecule has 1 amide bonds. The quantitative estimate of drug-likeness (QED) is 0.408. The number of likely N-dealkylation sites (N-methyl/N-ethyl adjacent to an activating group) is 1. The normalized spacial score (nSPS) is 16.1. The molecule has 1 aliphatic heterocycles. The Kier molecular flexibility index (Phi) is 7.85. The largest absolute Gasteiger partial charge is 0.490 e. The molecule has 184 valence electrons. The topological polar surface area (TPSA) is 113 Å². The fourth-order valence-electron chi connectivity index (χ4n) is 3.92. The Morgan fingerprint density at radius 2 is 1.88 bits per heavy atom. The van der Waals surface area contributed by atoms with Gasteiger partial charge in [-0.05, 0) is 36.8 Å². The van der Waals surface area contributed by atoms with Crippen LogP contribution in [0.3, 0.4) is 0 Å². The lowest BCUT2D eigenvalue weighted by atomic mass is 10.1. The molecule has 1 atom stereocenters. The number of piperazine rings is 1. The van der Waals surface area contributed by atoms with E-state index < -0.39 is 26.7 Å². The number of carbonyl (C=O) groups excluding carboxylic acids is 1. The second kappa shape index (κ2) is 10.5. The monoisotopic (exact) mass is 494 g/mol. The van der Waals surface area contributed by atoms with Gasteiger partial charge >= 0.3 is 5.69 Å².